The number of benzene rings is 2. The topological polar surface area (TPSA) is 87.0 Å². The van der Waals surface area contributed by atoms with Crippen molar-refractivity contribution in [2.24, 2.45) is 0 Å². The molecular formula is C21H18N4O2. The van der Waals surface area contributed by atoms with Crippen molar-refractivity contribution in [1.29, 1.82) is 5.26 Å². The van der Waals surface area contributed by atoms with Crippen molar-refractivity contribution in [3.05, 3.63) is 83.7 Å². The number of hydrogen-bond donors (Lipinski definition) is 2. The molecule has 0 aliphatic heterocycles. The molecule has 6 nitrogen and oxygen atoms in total. The van der Waals surface area contributed by atoms with E-state index in [1.54, 1.807) is 49.7 Å². The zero-order valence-electron chi connectivity index (χ0n) is 14.8. The second kappa shape index (κ2) is 8.50. The molecular weight excluding hydrogens is 340 g/mol. The van der Waals surface area contributed by atoms with Gasteiger partial charge in [-0.1, -0.05) is 24.3 Å². The van der Waals surface area contributed by atoms with Gasteiger partial charge in [0.15, 0.2) is 0 Å². The first-order chi connectivity index (χ1) is 13.2. The molecule has 0 radical (unpaired) electrons. The molecule has 0 spiro atoms. The van der Waals surface area contributed by atoms with E-state index in [1.165, 1.54) is 0 Å². The summed E-state index contributed by atoms with van der Waals surface area (Å²) in [6.07, 6.45) is 1.61. The highest BCUT2D eigenvalue weighted by atomic mass is 16.5. The second-order valence-electron chi connectivity index (χ2n) is 5.75. The van der Waals surface area contributed by atoms with Gasteiger partial charge in [0.25, 0.3) is 5.91 Å². The van der Waals surface area contributed by atoms with Crippen molar-refractivity contribution in [1.82, 2.24) is 4.98 Å². The summed E-state index contributed by atoms with van der Waals surface area (Å²) in [5.41, 5.74) is 3.06. The number of hydrogen-bond acceptors (Lipinski definition) is 5. The molecule has 0 saturated heterocycles. The lowest BCUT2D eigenvalue weighted by Crippen LogP contribution is -2.14. The van der Waals surface area contributed by atoms with Crippen LogP contribution in [0.2, 0.25) is 0 Å². The predicted octanol–water partition coefficient (Wildman–Crippen LogP) is 3.83. The molecule has 27 heavy (non-hydrogen) atoms. The van der Waals surface area contributed by atoms with Crippen LogP contribution in [0.3, 0.4) is 0 Å². The number of carbonyl (C=O) groups is 1. The van der Waals surface area contributed by atoms with Crippen LogP contribution < -0.4 is 15.4 Å². The molecule has 3 rings (SSSR count). The summed E-state index contributed by atoms with van der Waals surface area (Å²) in [6.45, 7) is 0.632. The SMILES string of the molecule is COc1ccc(CNc2ccc(C(=O)Nc3ccccc3C#N)nc2)cc1. The lowest BCUT2D eigenvalue weighted by molar-refractivity contribution is 0.102. The van der Waals surface area contributed by atoms with Crippen LogP contribution in [0.1, 0.15) is 21.6 Å². The number of nitrogens with zero attached hydrogens (tertiary/aromatic N) is 2. The minimum absolute atomic E-state index is 0.276. The Kier molecular flexibility index (Phi) is 5.65. The number of amides is 1. The molecule has 2 N–H and O–H groups in total. The summed E-state index contributed by atoms with van der Waals surface area (Å²) in [5.74, 6) is 0.452. The molecule has 0 saturated carbocycles. The van der Waals surface area contributed by atoms with E-state index in [4.69, 9.17) is 10.00 Å². The Balaban J connectivity index is 1.60. The number of aromatic nitrogens is 1. The molecule has 3 aromatic rings. The van der Waals surface area contributed by atoms with Gasteiger partial charge in [0.1, 0.15) is 17.5 Å². The van der Waals surface area contributed by atoms with Gasteiger partial charge in [-0.2, -0.15) is 5.26 Å². The summed E-state index contributed by atoms with van der Waals surface area (Å²) in [5, 5.41) is 15.1. The smallest absolute Gasteiger partial charge is 0.274 e. The van der Waals surface area contributed by atoms with Crippen LogP contribution in [0, 0.1) is 11.3 Å². The molecule has 0 bridgehead atoms. The van der Waals surface area contributed by atoms with E-state index >= 15 is 0 Å². The zero-order chi connectivity index (χ0) is 19.1. The standard InChI is InChI=1S/C21H18N4O2/c1-27-18-9-6-15(7-10-18)13-23-17-8-11-20(24-14-17)21(26)25-19-5-3-2-4-16(19)12-22/h2-11,14,23H,13H2,1H3,(H,25,26). The third-order valence-electron chi connectivity index (χ3n) is 3.95. The Morgan fingerprint density at radius 3 is 2.56 bits per heavy atom. The fourth-order valence-corrected chi connectivity index (χ4v) is 2.46. The number of rotatable bonds is 6. The molecule has 0 atom stereocenters. The van der Waals surface area contributed by atoms with Gasteiger partial charge in [-0.15, -0.1) is 0 Å². The predicted molar refractivity (Wildman–Crippen MR) is 104 cm³/mol. The maximum absolute atomic E-state index is 12.3. The number of ether oxygens (including phenoxy) is 1. The van der Waals surface area contributed by atoms with Gasteiger partial charge in [0.05, 0.1) is 30.2 Å². The summed E-state index contributed by atoms with van der Waals surface area (Å²) < 4.78 is 5.14. The summed E-state index contributed by atoms with van der Waals surface area (Å²) in [4.78, 5) is 16.5. The molecule has 0 aliphatic rings. The zero-order valence-corrected chi connectivity index (χ0v) is 14.8. The first kappa shape index (κ1) is 18.0. The lowest BCUT2D eigenvalue weighted by Gasteiger charge is -2.09. The van der Waals surface area contributed by atoms with Crippen molar-refractivity contribution in [2.45, 2.75) is 6.54 Å². The molecule has 1 aromatic heterocycles. The molecule has 1 amide bonds. The van der Waals surface area contributed by atoms with Gasteiger partial charge in [-0.25, -0.2) is 4.98 Å². The highest BCUT2D eigenvalue weighted by Crippen LogP contribution is 2.16. The Morgan fingerprint density at radius 1 is 1.11 bits per heavy atom. The van der Waals surface area contributed by atoms with E-state index < -0.39 is 0 Å². The van der Waals surface area contributed by atoms with Crippen molar-refractivity contribution in [3.8, 4) is 11.8 Å². The minimum atomic E-state index is -0.362. The molecule has 0 fully saturated rings. The monoisotopic (exact) mass is 358 g/mol. The van der Waals surface area contributed by atoms with Crippen molar-refractivity contribution >= 4 is 17.3 Å². The van der Waals surface area contributed by atoms with Gasteiger partial charge in [-0.3, -0.25) is 4.79 Å². The Hall–Kier alpha value is -3.85. The number of carbonyl (C=O) groups excluding carboxylic acids is 1. The van der Waals surface area contributed by atoms with E-state index in [2.05, 4.69) is 15.6 Å². The van der Waals surface area contributed by atoms with Crippen LogP contribution in [0.25, 0.3) is 0 Å². The van der Waals surface area contributed by atoms with E-state index in [0.29, 0.717) is 17.8 Å². The lowest BCUT2D eigenvalue weighted by atomic mass is 10.2. The first-order valence-electron chi connectivity index (χ1n) is 8.33. The van der Waals surface area contributed by atoms with Crippen LogP contribution >= 0.6 is 0 Å². The van der Waals surface area contributed by atoms with Gasteiger partial charge >= 0.3 is 0 Å². The first-order valence-corrected chi connectivity index (χ1v) is 8.33. The van der Waals surface area contributed by atoms with Gasteiger partial charge in [0, 0.05) is 6.54 Å². The average Bonchev–Trinajstić information content (AvgIpc) is 2.73. The van der Waals surface area contributed by atoms with E-state index in [0.717, 1.165) is 17.0 Å². The molecule has 0 aliphatic carbocycles. The van der Waals surface area contributed by atoms with E-state index in [9.17, 15) is 4.79 Å². The van der Waals surface area contributed by atoms with Crippen LogP contribution in [-0.4, -0.2) is 18.0 Å². The molecule has 134 valence electrons. The average molecular weight is 358 g/mol. The maximum Gasteiger partial charge on any atom is 0.274 e. The largest absolute Gasteiger partial charge is 0.497 e. The normalized spacial score (nSPS) is 9.93. The number of methoxy groups -OCH3 is 1. The number of anilines is 2. The van der Waals surface area contributed by atoms with E-state index in [1.807, 2.05) is 30.3 Å². The fraction of sp³-hybridized carbons (Fsp3) is 0.0952. The summed E-state index contributed by atoms with van der Waals surface area (Å²) >= 11 is 0. The highest BCUT2D eigenvalue weighted by molar-refractivity contribution is 6.03. The maximum atomic E-state index is 12.3. The summed E-state index contributed by atoms with van der Waals surface area (Å²) in [7, 11) is 1.63. The Bertz CT molecular complexity index is 961. The fourth-order valence-electron chi connectivity index (χ4n) is 2.46. The van der Waals surface area contributed by atoms with Crippen molar-refractivity contribution in [2.75, 3.05) is 17.7 Å². The Morgan fingerprint density at radius 2 is 1.89 bits per heavy atom. The number of para-hydroxylation sites is 1. The minimum Gasteiger partial charge on any atom is -0.497 e. The highest BCUT2D eigenvalue weighted by Gasteiger charge is 2.10. The van der Waals surface area contributed by atoms with Crippen molar-refractivity contribution < 1.29 is 9.53 Å². The van der Waals surface area contributed by atoms with E-state index in [-0.39, 0.29) is 11.6 Å². The van der Waals surface area contributed by atoms with Crippen molar-refractivity contribution in [3.63, 3.8) is 0 Å². The third-order valence-corrected chi connectivity index (χ3v) is 3.95. The van der Waals surface area contributed by atoms with Gasteiger partial charge in [-0.05, 0) is 42.0 Å². The molecule has 6 heteroatoms. The number of pyridine rings is 1. The van der Waals surface area contributed by atoms with Crippen LogP contribution in [0.5, 0.6) is 5.75 Å². The number of nitrogens with one attached hydrogen (secondary N) is 2. The Labute approximate surface area is 157 Å². The molecule has 1 heterocycles. The van der Waals surface area contributed by atoms with Gasteiger partial charge in [0.2, 0.25) is 0 Å². The number of nitriles is 1. The van der Waals surface area contributed by atoms with Crippen LogP contribution in [-0.2, 0) is 6.54 Å². The summed E-state index contributed by atoms with van der Waals surface area (Å²) in [6, 6.07) is 20.1. The second-order valence-corrected chi connectivity index (χ2v) is 5.75. The quantitative estimate of drug-likeness (QED) is 0.699. The van der Waals surface area contributed by atoms with Gasteiger partial charge < -0.3 is 15.4 Å². The van der Waals surface area contributed by atoms with Crippen LogP contribution in [0.15, 0.2) is 66.9 Å². The molecule has 0 unspecified atom stereocenters. The third kappa shape index (κ3) is 4.61. The molecule has 2 aromatic carbocycles. The van der Waals surface area contributed by atoms with Crippen LogP contribution in [0.4, 0.5) is 11.4 Å².